The van der Waals surface area contributed by atoms with Gasteiger partial charge >= 0.3 is 39.5 Å². The summed E-state index contributed by atoms with van der Waals surface area (Å²) in [6, 6.07) is 0. The number of aliphatic hydroxyl groups is 1. The smallest absolute Gasteiger partial charge is 0.462 e. The van der Waals surface area contributed by atoms with Crippen molar-refractivity contribution in [1.82, 2.24) is 0 Å². The number of hydrogen-bond donors (Lipinski definition) is 3. The Morgan fingerprint density at radius 3 is 0.724 bits per heavy atom. The third-order valence-electron chi connectivity index (χ3n) is 20.6. The van der Waals surface area contributed by atoms with Crippen molar-refractivity contribution >= 4 is 39.5 Å². The fourth-order valence-electron chi connectivity index (χ4n) is 13.4. The van der Waals surface area contributed by atoms with E-state index in [1.165, 1.54) is 276 Å². The summed E-state index contributed by atoms with van der Waals surface area (Å²) in [5.74, 6) is -0.499. The van der Waals surface area contributed by atoms with Gasteiger partial charge in [-0.15, -0.1) is 0 Å². The van der Waals surface area contributed by atoms with Crippen LogP contribution < -0.4 is 0 Å². The molecule has 0 radical (unpaired) electrons. The van der Waals surface area contributed by atoms with Crippen LogP contribution in [0.25, 0.3) is 0 Å². The molecule has 0 aliphatic carbocycles. The lowest BCUT2D eigenvalue weighted by molar-refractivity contribution is -0.161. The van der Waals surface area contributed by atoms with Crippen LogP contribution in [0.15, 0.2) is 0 Å². The second kappa shape index (κ2) is 77.4. The van der Waals surface area contributed by atoms with Crippen LogP contribution in [0, 0.1) is 11.8 Å². The molecule has 0 saturated carbocycles. The van der Waals surface area contributed by atoms with Gasteiger partial charge in [-0.1, -0.05) is 408 Å². The number of esters is 4. The van der Waals surface area contributed by atoms with Gasteiger partial charge in [0, 0.05) is 25.7 Å². The molecule has 3 unspecified atom stereocenters. The molecule has 624 valence electrons. The molecule has 6 atom stereocenters. The Morgan fingerprint density at radius 2 is 0.486 bits per heavy atom. The molecule has 19 heteroatoms. The van der Waals surface area contributed by atoms with Gasteiger partial charge in [-0.3, -0.25) is 37.3 Å². The van der Waals surface area contributed by atoms with Crippen molar-refractivity contribution in [2.24, 2.45) is 11.8 Å². The highest BCUT2D eigenvalue weighted by atomic mass is 31.2. The summed E-state index contributed by atoms with van der Waals surface area (Å²) in [7, 11) is -9.92. The van der Waals surface area contributed by atoms with Crippen molar-refractivity contribution in [3.8, 4) is 0 Å². The third-order valence-corrected chi connectivity index (χ3v) is 22.5. The van der Waals surface area contributed by atoms with Crippen molar-refractivity contribution in [3.63, 3.8) is 0 Å². The second-order valence-corrected chi connectivity index (χ2v) is 34.6. The van der Waals surface area contributed by atoms with Crippen LogP contribution in [0.5, 0.6) is 0 Å². The Morgan fingerprint density at radius 1 is 0.276 bits per heavy atom. The number of aliphatic hydroxyl groups excluding tert-OH is 1. The molecule has 0 heterocycles. The maximum atomic E-state index is 13.1. The highest BCUT2D eigenvalue weighted by Crippen LogP contribution is 2.45. The van der Waals surface area contributed by atoms with E-state index < -0.39 is 97.5 Å². The number of hydrogen-bond acceptors (Lipinski definition) is 15. The van der Waals surface area contributed by atoms with Gasteiger partial charge in [0.05, 0.1) is 26.4 Å². The molecule has 0 fully saturated rings. The normalized spacial score (nSPS) is 14.1. The number of rotatable bonds is 85. The molecule has 0 aliphatic heterocycles. The zero-order valence-corrected chi connectivity index (χ0v) is 70.8. The lowest BCUT2D eigenvalue weighted by Gasteiger charge is -2.21. The summed E-state index contributed by atoms with van der Waals surface area (Å²) in [5, 5.41) is 10.7. The van der Waals surface area contributed by atoms with Crippen LogP contribution in [-0.4, -0.2) is 96.7 Å². The maximum absolute atomic E-state index is 13.1. The van der Waals surface area contributed by atoms with Gasteiger partial charge in [0.15, 0.2) is 12.2 Å². The van der Waals surface area contributed by atoms with E-state index in [-0.39, 0.29) is 25.7 Å². The molecule has 0 saturated heterocycles. The summed E-state index contributed by atoms with van der Waals surface area (Å²) < 4.78 is 68.8. The summed E-state index contributed by atoms with van der Waals surface area (Å²) in [6.45, 7) is 9.68. The molecule has 17 nitrogen and oxygen atoms in total. The number of ether oxygens (including phenoxy) is 4. The Bertz CT molecular complexity index is 2010. The van der Waals surface area contributed by atoms with Crippen molar-refractivity contribution in [2.75, 3.05) is 39.6 Å². The number of carbonyl (C=O) groups is 4. The number of carbonyl (C=O) groups excluding carboxylic acids is 4. The first-order valence-corrected chi connectivity index (χ1v) is 47.5. The van der Waals surface area contributed by atoms with E-state index in [0.717, 1.165) is 102 Å². The first-order chi connectivity index (χ1) is 50.9. The van der Waals surface area contributed by atoms with Crippen LogP contribution in [0.2, 0.25) is 0 Å². The monoisotopic (exact) mass is 1540 g/mol. The minimum absolute atomic E-state index is 0.106. The van der Waals surface area contributed by atoms with Crippen molar-refractivity contribution in [3.05, 3.63) is 0 Å². The Balaban J connectivity index is 5.17. The van der Waals surface area contributed by atoms with Crippen LogP contribution >= 0.6 is 15.6 Å². The molecule has 0 rings (SSSR count). The number of phosphoric acid groups is 2. The first-order valence-electron chi connectivity index (χ1n) is 44.5. The molecule has 0 aliphatic rings. The fourth-order valence-corrected chi connectivity index (χ4v) is 15.0. The van der Waals surface area contributed by atoms with E-state index in [4.69, 9.17) is 37.0 Å². The predicted octanol–water partition coefficient (Wildman–Crippen LogP) is 26.2. The molecule has 0 spiro atoms. The molecule has 0 bridgehead atoms. The van der Waals surface area contributed by atoms with Crippen molar-refractivity contribution in [1.29, 1.82) is 0 Å². The predicted molar refractivity (Wildman–Crippen MR) is 432 cm³/mol. The molecule has 0 amide bonds. The fraction of sp³-hybridized carbons (Fsp3) is 0.953. The van der Waals surface area contributed by atoms with Gasteiger partial charge in [-0.05, 0) is 37.5 Å². The lowest BCUT2D eigenvalue weighted by atomic mass is 9.99. The third kappa shape index (κ3) is 78.5. The largest absolute Gasteiger partial charge is 0.472 e. The van der Waals surface area contributed by atoms with Gasteiger partial charge in [0.2, 0.25) is 0 Å². The van der Waals surface area contributed by atoms with Crippen molar-refractivity contribution in [2.45, 2.75) is 477 Å². The molecule has 0 aromatic carbocycles. The van der Waals surface area contributed by atoms with E-state index >= 15 is 0 Å². The summed E-state index contributed by atoms with van der Waals surface area (Å²) in [6.07, 6.45) is 69.7. The number of phosphoric ester groups is 2. The lowest BCUT2D eigenvalue weighted by Crippen LogP contribution is -2.30. The summed E-state index contributed by atoms with van der Waals surface area (Å²) in [5.41, 5.74) is 0. The van der Waals surface area contributed by atoms with Crippen LogP contribution in [-0.2, 0) is 65.4 Å². The zero-order valence-electron chi connectivity index (χ0n) is 69.0. The quantitative estimate of drug-likeness (QED) is 0.0222. The maximum Gasteiger partial charge on any atom is 0.472 e. The van der Waals surface area contributed by atoms with Gasteiger partial charge in [-0.2, -0.15) is 0 Å². The van der Waals surface area contributed by atoms with Crippen LogP contribution in [0.1, 0.15) is 459 Å². The van der Waals surface area contributed by atoms with E-state index in [1.807, 2.05) is 0 Å². The summed E-state index contributed by atoms with van der Waals surface area (Å²) in [4.78, 5) is 73.1. The highest BCUT2D eigenvalue weighted by Gasteiger charge is 2.30. The van der Waals surface area contributed by atoms with Gasteiger partial charge in [0.25, 0.3) is 0 Å². The van der Waals surface area contributed by atoms with E-state index in [0.29, 0.717) is 25.7 Å². The topological polar surface area (TPSA) is 237 Å². The second-order valence-electron chi connectivity index (χ2n) is 31.6. The standard InChI is InChI=1S/C86H168O17P2/c1-7-10-12-14-16-18-19-20-21-22-23-24-25-26-30-33-36-39-45-51-57-63-69-84(89)97-75-82(102-85(90)70-64-58-52-46-40-37-34-31-28-27-29-32-35-38-44-49-55-61-67-79(6)9-3)77-101-105(94,95)99-73-80(87)72-98-104(92,93)100-76-81(74-96-83(88)68-62-56-50-42-17-15-13-11-8-2)103-86(91)71-65-59-53-47-41-43-48-54-60-66-78(4)5/h78-82,87H,7-77H2,1-6H3,(H,92,93)(H,94,95)/t79?,80-,81+,82+/m0/s1. The Labute approximate surface area is 645 Å². The summed E-state index contributed by atoms with van der Waals surface area (Å²) >= 11 is 0. The molecular formula is C86H168O17P2. The molecular weight excluding hydrogens is 1370 g/mol. The number of unbranched alkanes of at least 4 members (excludes halogenated alkanes) is 54. The van der Waals surface area contributed by atoms with Crippen LogP contribution in [0.3, 0.4) is 0 Å². The average Bonchev–Trinajstić information content (AvgIpc) is 0.906. The van der Waals surface area contributed by atoms with Crippen molar-refractivity contribution < 1.29 is 80.2 Å². The van der Waals surface area contributed by atoms with Gasteiger partial charge in [-0.25, -0.2) is 9.13 Å². The van der Waals surface area contributed by atoms with Gasteiger partial charge < -0.3 is 33.8 Å². The molecule has 0 aromatic rings. The van der Waals surface area contributed by atoms with Gasteiger partial charge in [0.1, 0.15) is 19.3 Å². The minimum atomic E-state index is -4.97. The molecule has 0 aromatic heterocycles. The Kier molecular flexibility index (Phi) is 76.0. The zero-order chi connectivity index (χ0) is 77.1. The van der Waals surface area contributed by atoms with E-state index in [2.05, 4.69) is 41.5 Å². The van der Waals surface area contributed by atoms with Crippen LogP contribution in [0.4, 0.5) is 0 Å². The Hall–Kier alpha value is -1.94. The SMILES string of the molecule is CCCCCCCCCCCCCCCCCCCCCCCCC(=O)OC[C@H](COP(=O)(O)OC[C@@H](O)COP(=O)(O)OC[C@@H](COC(=O)CCCCCCCCCCC)OC(=O)CCCCCCCCCCCC(C)C)OC(=O)CCCCCCCCCCCCCCCCCCCCC(C)CC. The highest BCUT2D eigenvalue weighted by molar-refractivity contribution is 7.47. The van der Waals surface area contributed by atoms with E-state index in [1.54, 1.807) is 0 Å². The first kappa shape index (κ1) is 103. The minimum Gasteiger partial charge on any atom is -0.462 e. The average molecular weight is 1540 g/mol. The van der Waals surface area contributed by atoms with E-state index in [9.17, 15) is 43.2 Å². The molecule has 105 heavy (non-hydrogen) atoms. The molecule has 3 N–H and O–H groups in total.